The Labute approximate surface area is 122 Å². The molecule has 20 heavy (non-hydrogen) atoms. The molecule has 0 spiro atoms. The second-order valence-electron chi connectivity index (χ2n) is 4.29. The third kappa shape index (κ3) is 3.99. The maximum absolute atomic E-state index is 12.2. The second-order valence-corrected chi connectivity index (χ2v) is 5.57. The number of carbonyl (C=O) groups excluding carboxylic acids is 1. The summed E-state index contributed by atoms with van der Waals surface area (Å²) < 4.78 is 0. The Balaban J connectivity index is 2.02. The third-order valence-corrected chi connectivity index (χ3v) is 4.07. The van der Waals surface area contributed by atoms with Crippen LogP contribution in [0.4, 0.5) is 11.5 Å². The Morgan fingerprint density at radius 1 is 1.35 bits per heavy atom. The number of benzene rings is 1. The van der Waals surface area contributed by atoms with E-state index < -0.39 is 0 Å². The lowest BCUT2D eigenvalue weighted by molar-refractivity contribution is -0.115. The summed E-state index contributed by atoms with van der Waals surface area (Å²) in [5.74, 6) is 0.530. The van der Waals surface area contributed by atoms with Crippen molar-refractivity contribution < 1.29 is 4.79 Å². The van der Waals surface area contributed by atoms with Gasteiger partial charge in [0.2, 0.25) is 5.91 Å². The minimum absolute atomic E-state index is 0.0429. The Hall–Kier alpha value is -2.01. The van der Waals surface area contributed by atoms with Crippen LogP contribution in [0.25, 0.3) is 0 Å². The standard InChI is InChI=1S/C15H17N3OS/c1-2-13(20-12-7-5-6-11(16)10-12)15(19)18-14-8-3-4-9-17-14/h3-10,13H,2,16H2,1H3,(H,17,18,19). The predicted molar refractivity (Wildman–Crippen MR) is 83.7 cm³/mol. The molecule has 0 bridgehead atoms. The molecule has 0 radical (unpaired) electrons. The number of hydrogen-bond acceptors (Lipinski definition) is 4. The normalized spacial score (nSPS) is 11.8. The van der Waals surface area contributed by atoms with Gasteiger partial charge in [0.25, 0.3) is 0 Å². The van der Waals surface area contributed by atoms with Crippen molar-refractivity contribution in [1.29, 1.82) is 0 Å². The van der Waals surface area contributed by atoms with Crippen LogP contribution in [-0.2, 0) is 4.79 Å². The molecular formula is C15H17N3OS. The van der Waals surface area contributed by atoms with E-state index in [0.29, 0.717) is 11.5 Å². The molecule has 2 aromatic rings. The zero-order valence-electron chi connectivity index (χ0n) is 11.2. The Kier molecular flexibility index (Phi) is 5.01. The molecule has 104 valence electrons. The number of pyridine rings is 1. The first-order chi connectivity index (χ1) is 9.69. The Morgan fingerprint density at radius 2 is 2.20 bits per heavy atom. The molecule has 0 aliphatic rings. The lowest BCUT2D eigenvalue weighted by Crippen LogP contribution is -2.24. The number of hydrogen-bond donors (Lipinski definition) is 2. The van der Waals surface area contributed by atoms with Gasteiger partial charge in [0.15, 0.2) is 0 Å². The zero-order chi connectivity index (χ0) is 14.4. The van der Waals surface area contributed by atoms with E-state index in [1.54, 1.807) is 12.3 Å². The maximum Gasteiger partial charge on any atom is 0.239 e. The highest BCUT2D eigenvalue weighted by Gasteiger charge is 2.18. The van der Waals surface area contributed by atoms with Gasteiger partial charge in [-0.05, 0) is 36.8 Å². The molecule has 0 saturated heterocycles. The summed E-state index contributed by atoms with van der Waals surface area (Å²) in [6, 6.07) is 13.0. The van der Waals surface area contributed by atoms with E-state index in [1.165, 1.54) is 11.8 Å². The van der Waals surface area contributed by atoms with Gasteiger partial charge in [0, 0.05) is 16.8 Å². The first-order valence-corrected chi connectivity index (χ1v) is 7.31. The van der Waals surface area contributed by atoms with Gasteiger partial charge in [-0.1, -0.05) is 19.1 Å². The van der Waals surface area contributed by atoms with E-state index in [-0.39, 0.29) is 11.2 Å². The molecule has 0 fully saturated rings. The van der Waals surface area contributed by atoms with Crippen molar-refractivity contribution in [3.05, 3.63) is 48.7 Å². The number of anilines is 2. The fourth-order valence-electron chi connectivity index (χ4n) is 1.72. The van der Waals surface area contributed by atoms with Gasteiger partial charge in [-0.25, -0.2) is 4.98 Å². The number of nitrogens with zero attached hydrogens (tertiary/aromatic N) is 1. The van der Waals surface area contributed by atoms with Crippen molar-refractivity contribution in [3.8, 4) is 0 Å². The van der Waals surface area contributed by atoms with E-state index in [4.69, 9.17) is 5.73 Å². The van der Waals surface area contributed by atoms with Gasteiger partial charge in [0.1, 0.15) is 5.82 Å². The quantitative estimate of drug-likeness (QED) is 0.654. The summed E-state index contributed by atoms with van der Waals surface area (Å²) >= 11 is 1.51. The molecule has 1 aromatic heterocycles. The number of nitrogens with one attached hydrogen (secondary N) is 1. The highest BCUT2D eigenvalue weighted by molar-refractivity contribution is 8.00. The van der Waals surface area contributed by atoms with Crippen molar-refractivity contribution in [2.45, 2.75) is 23.5 Å². The molecule has 2 rings (SSSR count). The van der Waals surface area contributed by atoms with E-state index in [2.05, 4.69) is 10.3 Å². The first kappa shape index (κ1) is 14.4. The molecule has 5 heteroatoms. The van der Waals surface area contributed by atoms with E-state index in [1.807, 2.05) is 43.3 Å². The monoisotopic (exact) mass is 287 g/mol. The lowest BCUT2D eigenvalue weighted by Gasteiger charge is -2.14. The van der Waals surface area contributed by atoms with Crippen LogP contribution in [0.3, 0.4) is 0 Å². The summed E-state index contributed by atoms with van der Waals surface area (Å²) in [5.41, 5.74) is 6.46. The molecule has 0 saturated carbocycles. The van der Waals surface area contributed by atoms with Crippen LogP contribution in [-0.4, -0.2) is 16.1 Å². The predicted octanol–water partition coefficient (Wildman–Crippen LogP) is 3.17. The minimum Gasteiger partial charge on any atom is -0.399 e. The highest BCUT2D eigenvalue weighted by Crippen LogP contribution is 2.27. The lowest BCUT2D eigenvalue weighted by atomic mass is 10.3. The number of amides is 1. The van der Waals surface area contributed by atoms with Crippen LogP contribution in [0.1, 0.15) is 13.3 Å². The topological polar surface area (TPSA) is 68.0 Å². The van der Waals surface area contributed by atoms with Gasteiger partial charge < -0.3 is 11.1 Å². The number of nitrogens with two attached hydrogens (primary N) is 1. The first-order valence-electron chi connectivity index (χ1n) is 6.43. The summed E-state index contributed by atoms with van der Waals surface area (Å²) in [4.78, 5) is 17.3. The van der Waals surface area contributed by atoms with Crippen LogP contribution in [0, 0.1) is 0 Å². The summed E-state index contributed by atoms with van der Waals surface area (Å²) in [6.45, 7) is 1.99. The summed E-state index contributed by atoms with van der Waals surface area (Å²) in [6.07, 6.45) is 2.39. The van der Waals surface area contributed by atoms with Gasteiger partial charge in [0.05, 0.1) is 5.25 Å². The van der Waals surface area contributed by atoms with Crippen LogP contribution in [0.2, 0.25) is 0 Å². The Bertz CT molecular complexity index is 574. The average molecular weight is 287 g/mol. The number of rotatable bonds is 5. The molecule has 1 amide bonds. The fourth-order valence-corrected chi connectivity index (χ4v) is 2.74. The van der Waals surface area contributed by atoms with Crippen LogP contribution < -0.4 is 11.1 Å². The van der Waals surface area contributed by atoms with Crippen LogP contribution in [0.15, 0.2) is 53.6 Å². The largest absolute Gasteiger partial charge is 0.399 e. The number of carbonyl (C=O) groups is 1. The van der Waals surface area contributed by atoms with Gasteiger partial charge in [-0.2, -0.15) is 0 Å². The molecule has 0 aliphatic carbocycles. The summed E-state index contributed by atoms with van der Waals surface area (Å²) in [7, 11) is 0. The third-order valence-electron chi connectivity index (χ3n) is 2.72. The zero-order valence-corrected chi connectivity index (χ0v) is 12.1. The van der Waals surface area contributed by atoms with Crippen molar-refractivity contribution in [2.24, 2.45) is 0 Å². The van der Waals surface area contributed by atoms with Gasteiger partial charge >= 0.3 is 0 Å². The SMILES string of the molecule is CCC(Sc1cccc(N)c1)C(=O)Nc1ccccn1. The van der Waals surface area contributed by atoms with Gasteiger partial charge in [-0.15, -0.1) is 11.8 Å². The highest BCUT2D eigenvalue weighted by atomic mass is 32.2. The Morgan fingerprint density at radius 3 is 2.85 bits per heavy atom. The molecule has 1 unspecified atom stereocenters. The molecular weight excluding hydrogens is 270 g/mol. The number of nitrogen functional groups attached to an aromatic ring is 1. The van der Waals surface area contributed by atoms with Crippen LogP contribution >= 0.6 is 11.8 Å². The van der Waals surface area contributed by atoms with Crippen molar-refractivity contribution in [1.82, 2.24) is 4.98 Å². The van der Waals surface area contributed by atoms with Gasteiger partial charge in [-0.3, -0.25) is 4.79 Å². The van der Waals surface area contributed by atoms with E-state index in [0.717, 1.165) is 11.3 Å². The number of thioether (sulfide) groups is 1. The molecule has 1 aromatic carbocycles. The second kappa shape index (κ2) is 6.96. The smallest absolute Gasteiger partial charge is 0.239 e. The van der Waals surface area contributed by atoms with Crippen LogP contribution in [0.5, 0.6) is 0 Å². The molecule has 1 atom stereocenters. The molecule has 0 aliphatic heterocycles. The van der Waals surface area contributed by atoms with E-state index in [9.17, 15) is 4.79 Å². The van der Waals surface area contributed by atoms with Crippen molar-refractivity contribution >= 4 is 29.2 Å². The minimum atomic E-state index is -0.168. The van der Waals surface area contributed by atoms with Crippen molar-refractivity contribution in [2.75, 3.05) is 11.1 Å². The fraction of sp³-hybridized carbons (Fsp3) is 0.200. The maximum atomic E-state index is 12.2. The van der Waals surface area contributed by atoms with Crippen molar-refractivity contribution in [3.63, 3.8) is 0 Å². The number of aromatic nitrogens is 1. The molecule has 1 heterocycles. The van der Waals surface area contributed by atoms with E-state index >= 15 is 0 Å². The molecule has 4 nitrogen and oxygen atoms in total. The summed E-state index contributed by atoms with van der Waals surface area (Å²) in [5, 5.41) is 2.66. The average Bonchev–Trinajstić information content (AvgIpc) is 2.46. The molecule has 3 N–H and O–H groups in total.